The Morgan fingerprint density at radius 1 is 1.00 bits per heavy atom. The molecular formula is C25H19Br2N3OS. The first-order chi connectivity index (χ1) is 15.5. The van der Waals surface area contributed by atoms with E-state index in [-0.39, 0.29) is 12.1 Å². The summed E-state index contributed by atoms with van der Waals surface area (Å²) in [6, 6.07) is 24.0. The van der Waals surface area contributed by atoms with Crippen molar-refractivity contribution in [2.24, 2.45) is 0 Å². The summed E-state index contributed by atoms with van der Waals surface area (Å²) in [6.07, 6.45) is 1.80. The summed E-state index contributed by atoms with van der Waals surface area (Å²) in [4.78, 5) is 6.70. The quantitative estimate of drug-likeness (QED) is 0.261. The lowest BCUT2D eigenvalue weighted by Crippen LogP contribution is -2.29. The van der Waals surface area contributed by atoms with Crippen LogP contribution in [-0.4, -0.2) is 10.1 Å². The number of halogens is 2. The molecule has 1 N–H and O–H groups in total. The van der Waals surface area contributed by atoms with E-state index in [4.69, 9.17) is 16.6 Å². The maximum Gasteiger partial charge on any atom is 0.174 e. The molecule has 160 valence electrons. The molecule has 2 atom stereocenters. The summed E-state index contributed by atoms with van der Waals surface area (Å²) in [5, 5.41) is 4.10. The molecule has 0 bridgehead atoms. The molecule has 0 amide bonds. The third kappa shape index (κ3) is 4.00. The van der Waals surface area contributed by atoms with Gasteiger partial charge in [-0.05, 0) is 85.4 Å². The van der Waals surface area contributed by atoms with Crippen molar-refractivity contribution in [1.82, 2.24) is 10.3 Å². The van der Waals surface area contributed by atoms with Crippen molar-refractivity contribution in [3.05, 3.63) is 105 Å². The van der Waals surface area contributed by atoms with Gasteiger partial charge in [0.05, 0.1) is 11.7 Å². The lowest BCUT2D eigenvalue weighted by atomic mass is 10.0. The van der Waals surface area contributed by atoms with Crippen LogP contribution in [0.5, 0.6) is 0 Å². The molecule has 2 aromatic heterocycles. The Kier molecular flexibility index (Phi) is 5.88. The van der Waals surface area contributed by atoms with Gasteiger partial charge in [0.25, 0.3) is 0 Å². The molecule has 4 aromatic rings. The molecule has 0 unspecified atom stereocenters. The topological polar surface area (TPSA) is 41.3 Å². The summed E-state index contributed by atoms with van der Waals surface area (Å²) < 4.78 is 8.46. The van der Waals surface area contributed by atoms with E-state index in [0.29, 0.717) is 5.11 Å². The second kappa shape index (κ2) is 8.81. The maximum absolute atomic E-state index is 6.44. The van der Waals surface area contributed by atoms with Gasteiger partial charge in [0.15, 0.2) is 5.11 Å². The average Bonchev–Trinajstić information content (AvgIpc) is 3.39. The molecule has 0 aliphatic carbocycles. The van der Waals surface area contributed by atoms with Gasteiger partial charge in [-0.1, -0.05) is 44.0 Å². The van der Waals surface area contributed by atoms with Gasteiger partial charge >= 0.3 is 0 Å². The number of anilines is 1. The highest BCUT2D eigenvalue weighted by Gasteiger charge is 2.42. The van der Waals surface area contributed by atoms with Crippen molar-refractivity contribution in [1.29, 1.82) is 0 Å². The second-order valence-electron chi connectivity index (χ2n) is 7.66. The van der Waals surface area contributed by atoms with Gasteiger partial charge in [0.2, 0.25) is 0 Å². The van der Waals surface area contributed by atoms with Crippen molar-refractivity contribution < 1.29 is 4.42 Å². The summed E-state index contributed by atoms with van der Waals surface area (Å²) in [5.74, 6) is 1.62. The van der Waals surface area contributed by atoms with Gasteiger partial charge in [0, 0.05) is 26.4 Å². The van der Waals surface area contributed by atoms with Gasteiger partial charge in [-0.15, -0.1) is 0 Å². The monoisotopic (exact) mass is 567 g/mol. The van der Waals surface area contributed by atoms with Crippen molar-refractivity contribution in [3.8, 4) is 11.3 Å². The molecule has 5 rings (SSSR count). The fourth-order valence-corrected chi connectivity index (χ4v) is 5.30. The van der Waals surface area contributed by atoms with E-state index in [1.807, 2.05) is 54.6 Å². The molecule has 0 radical (unpaired) electrons. The Morgan fingerprint density at radius 2 is 1.81 bits per heavy atom. The molecule has 1 fully saturated rings. The Hall–Kier alpha value is -2.48. The molecule has 0 spiro atoms. The smallest absolute Gasteiger partial charge is 0.174 e. The molecule has 32 heavy (non-hydrogen) atoms. The average molecular weight is 569 g/mol. The number of aromatic nitrogens is 1. The summed E-state index contributed by atoms with van der Waals surface area (Å²) >= 11 is 13.0. The molecule has 3 heterocycles. The van der Waals surface area contributed by atoms with Crippen LogP contribution in [0.25, 0.3) is 11.3 Å². The number of hydrogen-bond acceptors (Lipinski definition) is 3. The fraction of sp³-hybridized carbons (Fsp3) is 0.120. The van der Waals surface area contributed by atoms with E-state index in [9.17, 15) is 0 Å². The van der Waals surface area contributed by atoms with Crippen LogP contribution in [0, 0.1) is 6.92 Å². The number of hydrogen-bond donors (Lipinski definition) is 1. The fourth-order valence-electron chi connectivity index (χ4n) is 4.00. The normalized spacial score (nSPS) is 18.1. The van der Waals surface area contributed by atoms with E-state index in [1.54, 1.807) is 6.20 Å². The van der Waals surface area contributed by atoms with E-state index in [2.05, 4.69) is 72.2 Å². The lowest BCUT2D eigenvalue weighted by Gasteiger charge is -2.26. The van der Waals surface area contributed by atoms with Crippen LogP contribution in [0.15, 0.2) is 92.4 Å². The van der Waals surface area contributed by atoms with Gasteiger partial charge in [-0.3, -0.25) is 4.98 Å². The Balaban J connectivity index is 1.60. The number of pyridine rings is 1. The highest BCUT2D eigenvalue weighted by Crippen LogP contribution is 2.43. The number of nitrogens with zero attached hydrogens (tertiary/aromatic N) is 2. The van der Waals surface area contributed by atoms with E-state index >= 15 is 0 Å². The zero-order chi connectivity index (χ0) is 22.2. The number of thiocarbonyl (C=S) groups is 1. The van der Waals surface area contributed by atoms with Crippen molar-refractivity contribution >= 4 is 54.9 Å². The summed E-state index contributed by atoms with van der Waals surface area (Å²) in [6.45, 7) is 2.07. The van der Waals surface area contributed by atoms with Crippen molar-refractivity contribution in [2.75, 3.05) is 4.90 Å². The van der Waals surface area contributed by atoms with Crippen LogP contribution >= 0.6 is 44.1 Å². The minimum Gasteiger partial charge on any atom is -0.459 e. The van der Waals surface area contributed by atoms with Gasteiger partial charge in [-0.25, -0.2) is 0 Å². The first-order valence-electron chi connectivity index (χ1n) is 10.1. The molecule has 0 saturated carbocycles. The molecule has 1 aliphatic rings. The lowest BCUT2D eigenvalue weighted by molar-refractivity contribution is 0.439. The highest BCUT2D eigenvalue weighted by atomic mass is 79.9. The molecule has 2 aromatic carbocycles. The zero-order valence-electron chi connectivity index (χ0n) is 17.1. The molecule has 1 aliphatic heterocycles. The number of furan rings is 1. The Labute approximate surface area is 208 Å². The molecular weight excluding hydrogens is 550 g/mol. The number of aryl methyl sites for hydroxylation is 1. The van der Waals surface area contributed by atoms with E-state index < -0.39 is 0 Å². The van der Waals surface area contributed by atoms with Crippen LogP contribution in [0.3, 0.4) is 0 Å². The minimum atomic E-state index is -0.184. The standard InChI is InChI=1S/C25H19Br2N3OS/c1-15-5-10-18(19(27)14-15)21-11-12-22(31-21)24-23(20-4-2-3-13-28-20)29-25(32)30(24)17-8-6-16(26)7-9-17/h2-14,23-24H,1H3,(H,29,32)/t23-,24+/m1/s1. The summed E-state index contributed by atoms with van der Waals surface area (Å²) in [7, 11) is 0. The molecule has 4 nitrogen and oxygen atoms in total. The van der Waals surface area contributed by atoms with Crippen LogP contribution in [-0.2, 0) is 0 Å². The Morgan fingerprint density at radius 3 is 2.53 bits per heavy atom. The van der Waals surface area contributed by atoms with E-state index in [1.165, 1.54) is 5.56 Å². The van der Waals surface area contributed by atoms with Crippen LogP contribution in [0.1, 0.15) is 29.1 Å². The Bertz CT molecular complexity index is 1270. The van der Waals surface area contributed by atoms with Crippen LogP contribution in [0.2, 0.25) is 0 Å². The number of nitrogens with one attached hydrogen (secondary N) is 1. The number of rotatable bonds is 4. The van der Waals surface area contributed by atoms with E-state index in [0.717, 1.165) is 37.4 Å². The van der Waals surface area contributed by atoms with Crippen molar-refractivity contribution in [3.63, 3.8) is 0 Å². The first-order valence-corrected chi connectivity index (χ1v) is 12.1. The molecule has 1 saturated heterocycles. The highest BCUT2D eigenvalue weighted by molar-refractivity contribution is 9.10. The third-order valence-corrected chi connectivity index (χ3v) is 7.01. The van der Waals surface area contributed by atoms with Gasteiger partial charge in [0.1, 0.15) is 17.6 Å². The second-order valence-corrected chi connectivity index (χ2v) is 9.82. The summed E-state index contributed by atoms with van der Waals surface area (Å²) in [5.41, 5.74) is 4.10. The first kappa shape index (κ1) is 21.4. The van der Waals surface area contributed by atoms with Crippen molar-refractivity contribution in [2.45, 2.75) is 19.0 Å². The minimum absolute atomic E-state index is 0.146. The maximum atomic E-state index is 6.44. The number of benzene rings is 2. The largest absolute Gasteiger partial charge is 0.459 e. The van der Waals surface area contributed by atoms with Crippen LogP contribution in [0.4, 0.5) is 5.69 Å². The van der Waals surface area contributed by atoms with Gasteiger partial charge < -0.3 is 14.6 Å². The molecule has 7 heteroatoms. The predicted molar refractivity (Wildman–Crippen MR) is 139 cm³/mol. The SMILES string of the molecule is Cc1ccc(-c2ccc([C@H]3[C@@H](c4ccccn4)NC(=S)N3c3ccc(Br)cc3)o2)c(Br)c1. The predicted octanol–water partition coefficient (Wildman–Crippen LogP) is 7.35. The third-order valence-electron chi connectivity index (χ3n) is 5.51. The van der Waals surface area contributed by atoms with Crippen LogP contribution < -0.4 is 10.2 Å². The zero-order valence-corrected chi connectivity index (χ0v) is 21.1. The van der Waals surface area contributed by atoms with Gasteiger partial charge in [-0.2, -0.15) is 0 Å².